The number of ether oxygens (including phenoxy) is 1. The fourth-order valence-corrected chi connectivity index (χ4v) is 1.61. The molecule has 4 nitrogen and oxygen atoms in total. The summed E-state index contributed by atoms with van der Waals surface area (Å²) in [6.45, 7) is 6.42. The number of carbonyl (C=O) groups excluding carboxylic acids is 1. The molecule has 16 heavy (non-hydrogen) atoms. The predicted octanol–water partition coefficient (Wildman–Crippen LogP) is 2.00. The van der Waals surface area contributed by atoms with Gasteiger partial charge in [0, 0.05) is 5.41 Å². The Bertz CT molecular complexity index is 380. The van der Waals surface area contributed by atoms with Crippen LogP contribution < -0.4 is 5.73 Å². The second kappa shape index (κ2) is 4.70. The van der Waals surface area contributed by atoms with Gasteiger partial charge in [0.2, 0.25) is 0 Å². The third-order valence-corrected chi connectivity index (χ3v) is 2.76. The number of rotatable bonds is 4. The van der Waals surface area contributed by atoms with Crippen LogP contribution in [-0.2, 0) is 10.2 Å². The van der Waals surface area contributed by atoms with Crippen LogP contribution in [0.5, 0.6) is 0 Å². The number of methoxy groups -OCH3 is 1. The SMILES string of the molecule is COC(=O)c1cc(C(C)(C)CCN)oc1C. The van der Waals surface area contributed by atoms with Gasteiger partial charge < -0.3 is 14.9 Å². The molecule has 0 aliphatic carbocycles. The molecule has 1 rings (SSSR count). The minimum absolute atomic E-state index is 0.161. The van der Waals surface area contributed by atoms with E-state index in [-0.39, 0.29) is 11.4 Å². The number of nitrogens with two attached hydrogens (primary N) is 1. The number of carbonyl (C=O) groups is 1. The van der Waals surface area contributed by atoms with Crippen LogP contribution in [0.3, 0.4) is 0 Å². The van der Waals surface area contributed by atoms with Crippen LogP contribution >= 0.6 is 0 Å². The van der Waals surface area contributed by atoms with Crippen molar-refractivity contribution in [2.75, 3.05) is 13.7 Å². The summed E-state index contributed by atoms with van der Waals surface area (Å²) in [5.41, 5.74) is 5.88. The lowest BCUT2D eigenvalue weighted by atomic mass is 9.86. The second-order valence-electron chi connectivity index (χ2n) is 4.49. The fraction of sp³-hybridized carbons (Fsp3) is 0.583. The Kier molecular flexibility index (Phi) is 3.75. The summed E-state index contributed by atoms with van der Waals surface area (Å²) in [5.74, 6) is 0.999. The maximum absolute atomic E-state index is 11.4. The van der Waals surface area contributed by atoms with Crippen LogP contribution in [0.1, 0.15) is 42.1 Å². The summed E-state index contributed by atoms with van der Waals surface area (Å²) >= 11 is 0. The molecular weight excluding hydrogens is 206 g/mol. The van der Waals surface area contributed by atoms with E-state index in [0.717, 1.165) is 12.2 Å². The molecular formula is C12H19NO3. The molecule has 90 valence electrons. The molecule has 1 aromatic heterocycles. The molecule has 2 N–H and O–H groups in total. The number of hydrogen-bond donors (Lipinski definition) is 1. The molecule has 4 heteroatoms. The number of aryl methyl sites for hydroxylation is 1. The predicted molar refractivity (Wildman–Crippen MR) is 61.5 cm³/mol. The van der Waals surface area contributed by atoms with E-state index >= 15 is 0 Å². The van der Waals surface area contributed by atoms with Crippen LogP contribution in [0.15, 0.2) is 10.5 Å². The maximum Gasteiger partial charge on any atom is 0.341 e. The van der Waals surface area contributed by atoms with E-state index < -0.39 is 0 Å². The molecule has 0 aromatic carbocycles. The van der Waals surface area contributed by atoms with Crippen molar-refractivity contribution in [3.63, 3.8) is 0 Å². The second-order valence-corrected chi connectivity index (χ2v) is 4.49. The Morgan fingerprint density at radius 1 is 1.56 bits per heavy atom. The van der Waals surface area contributed by atoms with E-state index in [0.29, 0.717) is 17.9 Å². The highest BCUT2D eigenvalue weighted by molar-refractivity contribution is 5.90. The first-order valence-electron chi connectivity index (χ1n) is 5.31. The molecule has 0 atom stereocenters. The van der Waals surface area contributed by atoms with E-state index in [4.69, 9.17) is 10.2 Å². The zero-order valence-electron chi connectivity index (χ0n) is 10.3. The summed E-state index contributed by atoms with van der Waals surface area (Å²) in [5, 5.41) is 0. The van der Waals surface area contributed by atoms with Crippen molar-refractivity contribution in [3.05, 3.63) is 23.2 Å². The van der Waals surface area contributed by atoms with Crippen LogP contribution in [0.25, 0.3) is 0 Å². The third-order valence-electron chi connectivity index (χ3n) is 2.76. The van der Waals surface area contributed by atoms with Crippen molar-refractivity contribution >= 4 is 5.97 Å². The Morgan fingerprint density at radius 3 is 2.69 bits per heavy atom. The van der Waals surface area contributed by atoms with Gasteiger partial charge in [0.25, 0.3) is 0 Å². The molecule has 0 aliphatic rings. The van der Waals surface area contributed by atoms with Gasteiger partial charge in [0.15, 0.2) is 0 Å². The van der Waals surface area contributed by atoms with E-state index in [1.165, 1.54) is 7.11 Å². The maximum atomic E-state index is 11.4. The summed E-state index contributed by atoms with van der Waals surface area (Å²) in [4.78, 5) is 11.4. The normalized spacial score (nSPS) is 11.6. The topological polar surface area (TPSA) is 65.5 Å². The lowest BCUT2D eigenvalue weighted by Gasteiger charge is -2.20. The van der Waals surface area contributed by atoms with Gasteiger partial charge in [-0.3, -0.25) is 0 Å². The first-order valence-corrected chi connectivity index (χ1v) is 5.31. The van der Waals surface area contributed by atoms with Crippen LogP contribution in [0, 0.1) is 6.92 Å². The van der Waals surface area contributed by atoms with Gasteiger partial charge in [0.05, 0.1) is 7.11 Å². The summed E-state index contributed by atoms with van der Waals surface area (Å²) < 4.78 is 10.3. The Morgan fingerprint density at radius 2 is 2.19 bits per heavy atom. The van der Waals surface area contributed by atoms with Crippen molar-refractivity contribution in [2.24, 2.45) is 5.73 Å². The van der Waals surface area contributed by atoms with Gasteiger partial charge in [-0.05, 0) is 26.0 Å². The molecule has 0 fully saturated rings. The minimum atomic E-state index is -0.365. The lowest BCUT2D eigenvalue weighted by molar-refractivity contribution is 0.0599. The average molecular weight is 225 g/mol. The lowest BCUT2D eigenvalue weighted by Crippen LogP contribution is -2.21. The molecule has 0 saturated heterocycles. The van der Waals surface area contributed by atoms with Crippen LogP contribution in [-0.4, -0.2) is 19.6 Å². The Hall–Kier alpha value is -1.29. The fourth-order valence-electron chi connectivity index (χ4n) is 1.61. The smallest absolute Gasteiger partial charge is 0.341 e. The number of furan rings is 1. The summed E-state index contributed by atoms with van der Waals surface area (Å²) in [6.07, 6.45) is 0.806. The van der Waals surface area contributed by atoms with Gasteiger partial charge in [-0.15, -0.1) is 0 Å². The summed E-state index contributed by atoms with van der Waals surface area (Å²) in [7, 11) is 1.36. The first kappa shape index (κ1) is 12.8. The zero-order chi connectivity index (χ0) is 12.3. The van der Waals surface area contributed by atoms with Crippen LogP contribution in [0.4, 0.5) is 0 Å². The average Bonchev–Trinajstić information content (AvgIpc) is 2.60. The van der Waals surface area contributed by atoms with Crippen molar-refractivity contribution in [1.82, 2.24) is 0 Å². The van der Waals surface area contributed by atoms with Gasteiger partial charge in [-0.1, -0.05) is 13.8 Å². The van der Waals surface area contributed by atoms with E-state index in [1.807, 2.05) is 13.8 Å². The molecule has 0 saturated carbocycles. The minimum Gasteiger partial charge on any atom is -0.465 e. The van der Waals surface area contributed by atoms with Crippen molar-refractivity contribution in [2.45, 2.75) is 32.6 Å². The van der Waals surface area contributed by atoms with Crippen molar-refractivity contribution in [3.8, 4) is 0 Å². The van der Waals surface area contributed by atoms with E-state index in [9.17, 15) is 4.79 Å². The Balaban J connectivity index is 3.05. The van der Waals surface area contributed by atoms with Gasteiger partial charge in [-0.2, -0.15) is 0 Å². The highest BCUT2D eigenvalue weighted by atomic mass is 16.5. The largest absolute Gasteiger partial charge is 0.465 e. The molecule has 0 aliphatic heterocycles. The van der Waals surface area contributed by atoms with Crippen molar-refractivity contribution in [1.29, 1.82) is 0 Å². The van der Waals surface area contributed by atoms with E-state index in [1.54, 1.807) is 13.0 Å². The molecule has 0 radical (unpaired) electrons. The molecule has 1 heterocycles. The third kappa shape index (κ3) is 2.44. The molecule has 0 spiro atoms. The Labute approximate surface area is 95.8 Å². The first-order chi connectivity index (χ1) is 7.42. The molecule has 0 amide bonds. The number of hydrogen-bond acceptors (Lipinski definition) is 4. The molecule has 0 bridgehead atoms. The highest BCUT2D eigenvalue weighted by Crippen LogP contribution is 2.30. The van der Waals surface area contributed by atoms with Crippen LogP contribution in [0.2, 0.25) is 0 Å². The zero-order valence-corrected chi connectivity index (χ0v) is 10.3. The van der Waals surface area contributed by atoms with Gasteiger partial charge in [0.1, 0.15) is 17.1 Å². The molecule has 0 unspecified atom stereocenters. The number of esters is 1. The highest BCUT2D eigenvalue weighted by Gasteiger charge is 2.26. The van der Waals surface area contributed by atoms with E-state index in [2.05, 4.69) is 4.74 Å². The monoisotopic (exact) mass is 225 g/mol. The standard InChI is InChI=1S/C12H19NO3/c1-8-9(11(14)15-4)7-10(16-8)12(2,3)5-6-13/h7H,5-6,13H2,1-4H3. The molecule has 1 aromatic rings. The van der Waals surface area contributed by atoms with Crippen molar-refractivity contribution < 1.29 is 13.9 Å². The van der Waals surface area contributed by atoms with Gasteiger partial charge in [-0.25, -0.2) is 4.79 Å². The van der Waals surface area contributed by atoms with Gasteiger partial charge >= 0.3 is 5.97 Å². The summed E-state index contributed by atoms with van der Waals surface area (Å²) in [6, 6.07) is 1.75. The quantitative estimate of drug-likeness (QED) is 0.796.